The number of aryl methyl sites for hydroxylation is 1. The molecule has 1 heterocycles. The zero-order valence-electron chi connectivity index (χ0n) is 20.8. The van der Waals surface area contributed by atoms with Crippen molar-refractivity contribution in [2.45, 2.75) is 70.6 Å². The first-order chi connectivity index (χ1) is 16.8. The topological polar surface area (TPSA) is 116 Å². The Morgan fingerprint density at radius 2 is 1.94 bits per heavy atom. The van der Waals surface area contributed by atoms with Gasteiger partial charge in [-0.15, -0.1) is 5.10 Å². The molecule has 2 fully saturated rings. The third kappa shape index (κ3) is 6.12. The lowest BCUT2D eigenvalue weighted by Crippen LogP contribution is -2.42. The Morgan fingerprint density at radius 1 is 1.23 bits per heavy atom. The monoisotopic (exact) mass is 486 g/mol. The summed E-state index contributed by atoms with van der Waals surface area (Å²) in [6.07, 6.45) is 6.46. The molecule has 1 aromatic carbocycles. The molecule has 0 spiro atoms. The zero-order valence-corrected chi connectivity index (χ0v) is 20.8. The van der Waals surface area contributed by atoms with Gasteiger partial charge < -0.3 is 24.8 Å². The minimum absolute atomic E-state index is 0.0854. The molecule has 2 aliphatic rings. The van der Waals surface area contributed by atoms with Crippen molar-refractivity contribution in [3.8, 4) is 17.0 Å². The van der Waals surface area contributed by atoms with Gasteiger partial charge in [0.15, 0.2) is 0 Å². The summed E-state index contributed by atoms with van der Waals surface area (Å²) in [4.78, 5) is 14.3. The highest BCUT2D eigenvalue weighted by Gasteiger charge is 2.30. The van der Waals surface area contributed by atoms with Crippen LogP contribution in [0, 0.1) is 17.0 Å². The lowest BCUT2D eigenvalue weighted by atomic mass is 9.80. The number of carbonyl (C=O) groups is 1. The number of rotatable bonds is 9. The molecule has 1 amide bonds. The maximum atomic E-state index is 12.6. The Bertz CT molecular complexity index is 975. The molecule has 1 aromatic heterocycles. The van der Waals surface area contributed by atoms with Gasteiger partial charge >= 0.3 is 6.09 Å². The third-order valence-electron chi connectivity index (χ3n) is 7.69. The SMILES string of the molecule is CC(C1CCC1)N(C)C(=O)OCc1c(-c2ccc(OC[C@H]3CCC[C@H](N([O-])O)C3)cc2)nnn1C. The summed E-state index contributed by atoms with van der Waals surface area (Å²) in [6.45, 7) is 2.66. The van der Waals surface area contributed by atoms with Crippen molar-refractivity contribution in [1.29, 1.82) is 0 Å². The van der Waals surface area contributed by atoms with Crippen molar-refractivity contribution in [3.05, 3.63) is 35.2 Å². The molecule has 0 aliphatic heterocycles. The van der Waals surface area contributed by atoms with Crippen LogP contribution in [0.2, 0.25) is 0 Å². The maximum absolute atomic E-state index is 12.6. The summed E-state index contributed by atoms with van der Waals surface area (Å²) < 4.78 is 13.2. The summed E-state index contributed by atoms with van der Waals surface area (Å²) in [5.74, 6) is 1.52. The van der Waals surface area contributed by atoms with E-state index in [4.69, 9.17) is 9.47 Å². The van der Waals surface area contributed by atoms with E-state index < -0.39 is 0 Å². The number of aromatic nitrogens is 3. The van der Waals surface area contributed by atoms with Crippen molar-refractivity contribution < 1.29 is 19.5 Å². The van der Waals surface area contributed by atoms with Gasteiger partial charge in [-0.1, -0.05) is 18.1 Å². The molecule has 0 bridgehead atoms. The smallest absolute Gasteiger partial charge is 0.410 e. The molecule has 0 saturated heterocycles. The Balaban J connectivity index is 1.33. The van der Waals surface area contributed by atoms with Gasteiger partial charge in [0, 0.05) is 31.7 Å². The first kappa shape index (κ1) is 25.4. The molecule has 10 heteroatoms. The molecule has 0 radical (unpaired) electrons. The first-order valence-corrected chi connectivity index (χ1v) is 12.5. The highest BCUT2D eigenvalue weighted by Crippen LogP contribution is 2.32. The third-order valence-corrected chi connectivity index (χ3v) is 7.69. The van der Waals surface area contributed by atoms with Gasteiger partial charge in [-0.2, -0.15) is 0 Å². The normalized spacial score (nSPS) is 21.4. The fraction of sp³-hybridized carbons (Fsp3) is 0.640. The average molecular weight is 487 g/mol. The second-order valence-corrected chi connectivity index (χ2v) is 9.93. The van der Waals surface area contributed by atoms with Crippen LogP contribution in [0.4, 0.5) is 4.79 Å². The van der Waals surface area contributed by atoms with Crippen molar-refractivity contribution in [1.82, 2.24) is 25.1 Å². The van der Waals surface area contributed by atoms with E-state index in [-0.39, 0.29) is 35.9 Å². The molecule has 1 N–H and O–H groups in total. The highest BCUT2D eigenvalue weighted by molar-refractivity contribution is 5.68. The minimum Gasteiger partial charge on any atom is -0.762 e. The fourth-order valence-electron chi connectivity index (χ4n) is 4.94. The molecule has 35 heavy (non-hydrogen) atoms. The van der Waals surface area contributed by atoms with E-state index in [0.717, 1.165) is 49.1 Å². The Kier molecular flexibility index (Phi) is 8.25. The molecule has 2 saturated carbocycles. The number of benzene rings is 1. The second-order valence-electron chi connectivity index (χ2n) is 9.93. The van der Waals surface area contributed by atoms with Crippen LogP contribution in [0.3, 0.4) is 0 Å². The van der Waals surface area contributed by atoms with Crippen LogP contribution in [0.1, 0.15) is 57.6 Å². The largest absolute Gasteiger partial charge is 0.762 e. The number of carbonyl (C=O) groups excluding carboxylic acids is 1. The van der Waals surface area contributed by atoms with E-state index in [0.29, 0.717) is 24.6 Å². The summed E-state index contributed by atoms with van der Waals surface area (Å²) >= 11 is 0. The van der Waals surface area contributed by atoms with Crippen LogP contribution in [-0.2, 0) is 18.4 Å². The van der Waals surface area contributed by atoms with Crippen LogP contribution >= 0.6 is 0 Å². The van der Waals surface area contributed by atoms with E-state index in [1.807, 2.05) is 24.3 Å². The highest BCUT2D eigenvalue weighted by atomic mass is 16.8. The summed E-state index contributed by atoms with van der Waals surface area (Å²) in [6, 6.07) is 7.39. The summed E-state index contributed by atoms with van der Waals surface area (Å²) in [7, 11) is 3.57. The predicted molar refractivity (Wildman–Crippen MR) is 129 cm³/mol. The van der Waals surface area contributed by atoms with Crippen molar-refractivity contribution in [3.63, 3.8) is 0 Å². The standard InChI is InChI=1S/C25H36N5O5/c1-17(19-7-5-8-19)28(2)25(31)35-16-23-24(26-27-29(23)3)20-10-12-22(13-11-20)34-15-18-6-4-9-21(14-18)30(32)33/h10-13,17-19,21,32H,4-9,14-16H2,1-3H3/q-1/t17?,18-,21-/m0/s1. The van der Waals surface area contributed by atoms with E-state index in [2.05, 4.69) is 17.2 Å². The molecular weight excluding hydrogens is 450 g/mol. The zero-order chi connectivity index (χ0) is 24.9. The maximum Gasteiger partial charge on any atom is 0.410 e. The number of ether oxygens (including phenoxy) is 2. The molecule has 3 atom stereocenters. The average Bonchev–Trinajstić information content (AvgIpc) is 3.20. The van der Waals surface area contributed by atoms with Crippen molar-refractivity contribution in [2.75, 3.05) is 13.7 Å². The molecular formula is C25H36N5O5-. The number of hydroxylamine groups is 2. The van der Waals surface area contributed by atoms with Gasteiger partial charge in [-0.25, -0.2) is 9.48 Å². The number of amides is 1. The lowest BCUT2D eigenvalue weighted by molar-refractivity contribution is -0.0955. The van der Waals surface area contributed by atoms with Crippen molar-refractivity contribution in [2.24, 2.45) is 18.9 Å². The van der Waals surface area contributed by atoms with Crippen LogP contribution in [0.5, 0.6) is 5.75 Å². The molecule has 192 valence electrons. The van der Waals surface area contributed by atoms with Crippen molar-refractivity contribution >= 4 is 6.09 Å². The lowest BCUT2D eigenvalue weighted by Gasteiger charge is -2.36. The van der Waals surface area contributed by atoms with Gasteiger partial charge in [0.25, 0.3) is 0 Å². The summed E-state index contributed by atoms with van der Waals surface area (Å²) in [5, 5.41) is 28.9. The van der Waals surface area contributed by atoms with E-state index in [1.54, 1.807) is 23.7 Å². The minimum atomic E-state index is -0.342. The Morgan fingerprint density at radius 3 is 2.60 bits per heavy atom. The van der Waals surface area contributed by atoms with Gasteiger partial charge in [0.1, 0.15) is 23.7 Å². The predicted octanol–water partition coefficient (Wildman–Crippen LogP) is 4.37. The fourth-order valence-corrected chi connectivity index (χ4v) is 4.94. The number of hydrogen-bond donors (Lipinski definition) is 1. The van der Waals surface area contributed by atoms with Gasteiger partial charge in [-0.3, -0.25) is 5.23 Å². The molecule has 2 aliphatic carbocycles. The van der Waals surface area contributed by atoms with Gasteiger partial charge in [0.2, 0.25) is 0 Å². The van der Waals surface area contributed by atoms with Crippen LogP contribution < -0.4 is 4.74 Å². The Hall–Kier alpha value is -2.69. The Labute approximate surface area is 206 Å². The summed E-state index contributed by atoms with van der Waals surface area (Å²) in [5.41, 5.74) is 2.24. The van der Waals surface area contributed by atoms with Crippen LogP contribution in [0.25, 0.3) is 11.3 Å². The first-order valence-electron chi connectivity index (χ1n) is 12.5. The number of nitrogens with zero attached hydrogens (tertiary/aromatic N) is 5. The second kappa shape index (κ2) is 11.4. The molecule has 4 rings (SSSR count). The molecule has 10 nitrogen and oxygen atoms in total. The van der Waals surface area contributed by atoms with E-state index >= 15 is 0 Å². The van der Waals surface area contributed by atoms with Gasteiger partial charge in [0.05, 0.1) is 6.61 Å². The quantitative estimate of drug-likeness (QED) is 0.520. The van der Waals surface area contributed by atoms with E-state index in [1.165, 1.54) is 6.42 Å². The van der Waals surface area contributed by atoms with Gasteiger partial charge in [-0.05, 0) is 75.1 Å². The molecule has 1 unspecified atom stereocenters. The van der Waals surface area contributed by atoms with Crippen LogP contribution in [-0.4, -0.2) is 62.2 Å². The number of hydrogen-bond acceptors (Lipinski definition) is 8. The van der Waals surface area contributed by atoms with Crippen LogP contribution in [0.15, 0.2) is 24.3 Å². The molecule has 2 aromatic rings. The van der Waals surface area contributed by atoms with E-state index in [9.17, 15) is 15.2 Å².